The second-order valence-electron chi connectivity index (χ2n) is 7.71. The van der Waals surface area contributed by atoms with Gasteiger partial charge in [-0.05, 0) is 49.7 Å². The molecule has 30 heavy (non-hydrogen) atoms. The van der Waals surface area contributed by atoms with Crippen molar-refractivity contribution in [3.8, 4) is 5.75 Å². The van der Waals surface area contributed by atoms with Gasteiger partial charge in [0.15, 0.2) is 0 Å². The van der Waals surface area contributed by atoms with Gasteiger partial charge >= 0.3 is 0 Å². The zero-order valence-electron chi connectivity index (χ0n) is 17.0. The topological polar surface area (TPSA) is 90.9 Å². The Kier molecular flexibility index (Phi) is 6.69. The smallest absolute Gasteiger partial charge is 0.238 e. The van der Waals surface area contributed by atoms with Gasteiger partial charge in [-0.25, -0.2) is 4.39 Å². The Hall–Kier alpha value is -2.97. The van der Waals surface area contributed by atoms with Crippen molar-refractivity contribution >= 4 is 23.2 Å². The molecule has 0 aromatic heterocycles. The normalized spacial score (nSPS) is 21.7. The van der Waals surface area contributed by atoms with Crippen molar-refractivity contribution in [3.05, 3.63) is 54.3 Å². The van der Waals surface area contributed by atoms with Crippen molar-refractivity contribution in [2.24, 2.45) is 0 Å². The molecule has 1 aliphatic rings. The molecular weight excluding hydrogens is 389 g/mol. The lowest BCUT2D eigenvalue weighted by molar-refractivity contribution is -0.122. The van der Waals surface area contributed by atoms with Crippen molar-refractivity contribution in [1.82, 2.24) is 4.90 Å². The summed E-state index contributed by atoms with van der Waals surface area (Å²) in [5.41, 5.74) is 0.181. The molecule has 0 unspecified atom stereocenters. The van der Waals surface area contributed by atoms with E-state index in [1.807, 2.05) is 4.90 Å². The molecule has 2 amide bonds. The molecule has 8 heteroatoms. The summed E-state index contributed by atoms with van der Waals surface area (Å²) in [6.07, 6.45) is -0.177. The lowest BCUT2D eigenvalue weighted by Gasteiger charge is -2.42. The Morgan fingerprint density at radius 3 is 2.50 bits per heavy atom. The van der Waals surface area contributed by atoms with E-state index in [0.29, 0.717) is 36.6 Å². The number of hydrogen-bond donors (Lipinski definition) is 3. The first-order chi connectivity index (χ1) is 14.2. The highest BCUT2D eigenvalue weighted by Crippen LogP contribution is 2.27. The lowest BCUT2D eigenvalue weighted by atomic mass is 9.90. The largest absolute Gasteiger partial charge is 0.486 e. The van der Waals surface area contributed by atoms with Crippen molar-refractivity contribution in [3.63, 3.8) is 0 Å². The van der Waals surface area contributed by atoms with E-state index in [9.17, 15) is 19.1 Å². The minimum absolute atomic E-state index is 0.131. The summed E-state index contributed by atoms with van der Waals surface area (Å²) in [7, 11) is 0. The zero-order chi connectivity index (χ0) is 21.7. The average molecular weight is 415 g/mol. The third kappa shape index (κ3) is 6.01. The Balaban J connectivity index is 1.56. The summed E-state index contributed by atoms with van der Waals surface area (Å²) in [4.78, 5) is 25.4. The van der Waals surface area contributed by atoms with E-state index < -0.39 is 17.5 Å². The summed E-state index contributed by atoms with van der Waals surface area (Å²) >= 11 is 0. The molecule has 160 valence electrons. The lowest BCUT2D eigenvalue weighted by Crippen LogP contribution is -2.57. The third-order valence-corrected chi connectivity index (χ3v) is 4.98. The van der Waals surface area contributed by atoms with Crippen molar-refractivity contribution < 1.29 is 23.8 Å². The van der Waals surface area contributed by atoms with E-state index in [2.05, 4.69) is 10.6 Å². The monoisotopic (exact) mass is 415 g/mol. The van der Waals surface area contributed by atoms with Crippen LogP contribution in [0.5, 0.6) is 5.75 Å². The first-order valence-electron chi connectivity index (χ1n) is 9.76. The van der Waals surface area contributed by atoms with Crippen LogP contribution >= 0.6 is 0 Å². The standard InChI is InChI=1S/C22H26FN3O4/c1-15(27)24-17-6-8-18(9-7-17)25-21(28)14-26-11-10-22(2,29)20(13-26)30-19-5-3-4-16(23)12-19/h3-9,12,20,29H,10-11,13-14H2,1-2H3,(H,24,27)(H,25,28)/t20-,22-/m0/s1. The maximum atomic E-state index is 13.4. The number of benzene rings is 2. The number of amides is 2. The third-order valence-electron chi connectivity index (χ3n) is 4.98. The average Bonchev–Trinajstić information content (AvgIpc) is 2.66. The predicted molar refractivity (Wildman–Crippen MR) is 112 cm³/mol. The quantitative estimate of drug-likeness (QED) is 0.675. The van der Waals surface area contributed by atoms with E-state index in [4.69, 9.17) is 4.74 Å². The molecule has 7 nitrogen and oxygen atoms in total. The summed E-state index contributed by atoms with van der Waals surface area (Å²) in [6.45, 7) is 4.11. The van der Waals surface area contributed by atoms with Crippen LogP contribution in [0, 0.1) is 5.82 Å². The Morgan fingerprint density at radius 2 is 1.87 bits per heavy atom. The van der Waals surface area contributed by atoms with Gasteiger partial charge in [0.1, 0.15) is 23.3 Å². The zero-order valence-corrected chi connectivity index (χ0v) is 17.0. The van der Waals surface area contributed by atoms with Crippen LogP contribution in [0.1, 0.15) is 20.3 Å². The molecule has 0 radical (unpaired) electrons. The van der Waals surface area contributed by atoms with Crippen LogP contribution in [0.25, 0.3) is 0 Å². The fourth-order valence-electron chi connectivity index (χ4n) is 3.32. The SMILES string of the molecule is CC(=O)Nc1ccc(NC(=O)CN2CC[C@](C)(O)[C@@H](Oc3cccc(F)c3)C2)cc1. The molecule has 2 atom stereocenters. The fraction of sp³-hybridized carbons (Fsp3) is 0.364. The number of hydrogen-bond acceptors (Lipinski definition) is 5. The van der Waals surface area contributed by atoms with Gasteiger partial charge in [-0.2, -0.15) is 0 Å². The first-order valence-corrected chi connectivity index (χ1v) is 9.76. The second kappa shape index (κ2) is 9.23. The molecule has 0 spiro atoms. The van der Waals surface area contributed by atoms with Gasteiger partial charge in [0.2, 0.25) is 11.8 Å². The van der Waals surface area contributed by atoms with E-state index in [0.717, 1.165) is 0 Å². The number of halogens is 1. The minimum atomic E-state index is -1.08. The van der Waals surface area contributed by atoms with Crippen LogP contribution in [0.3, 0.4) is 0 Å². The molecule has 2 aromatic rings. The highest BCUT2D eigenvalue weighted by molar-refractivity contribution is 5.93. The van der Waals surface area contributed by atoms with Gasteiger partial charge in [0, 0.05) is 37.5 Å². The number of carbonyl (C=O) groups is 2. The van der Waals surface area contributed by atoms with Crippen LogP contribution in [0.4, 0.5) is 15.8 Å². The Morgan fingerprint density at radius 1 is 1.20 bits per heavy atom. The first kappa shape index (κ1) is 21.7. The van der Waals surface area contributed by atoms with Crippen molar-refractivity contribution in [1.29, 1.82) is 0 Å². The molecule has 3 N–H and O–H groups in total. The Bertz CT molecular complexity index is 902. The summed E-state index contributed by atoms with van der Waals surface area (Å²) in [6, 6.07) is 12.6. The van der Waals surface area contributed by atoms with Gasteiger partial charge in [0.05, 0.1) is 6.54 Å². The number of nitrogens with one attached hydrogen (secondary N) is 2. The van der Waals surface area contributed by atoms with Gasteiger partial charge in [-0.3, -0.25) is 14.5 Å². The predicted octanol–water partition coefficient (Wildman–Crippen LogP) is 2.63. The van der Waals surface area contributed by atoms with E-state index in [-0.39, 0.29) is 18.4 Å². The van der Waals surface area contributed by atoms with Crippen molar-refractivity contribution in [2.75, 3.05) is 30.3 Å². The molecule has 1 heterocycles. The number of piperidine rings is 1. The number of likely N-dealkylation sites (tertiary alicyclic amines) is 1. The molecule has 0 bridgehead atoms. The number of aliphatic hydroxyl groups is 1. The van der Waals surface area contributed by atoms with Gasteiger partial charge in [-0.1, -0.05) is 6.07 Å². The van der Waals surface area contributed by atoms with E-state index in [1.54, 1.807) is 43.3 Å². The van der Waals surface area contributed by atoms with Crippen LogP contribution in [0.15, 0.2) is 48.5 Å². The molecule has 3 rings (SSSR count). The molecule has 1 saturated heterocycles. The highest BCUT2D eigenvalue weighted by Gasteiger charge is 2.39. The van der Waals surface area contributed by atoms with Crippen LogP contribution in [0.2, 0.25) is 0 Å². The molecule has 0 aliphatic carbocycles. The number of nitrogens with zero attached hydrogens (tertiary/aromatic N) is 1. The fourth-order valence-corrected chi connectivity index (χ4v) is 3.32. The molecule has 2 aromatic carbocycles. The van der Waals surface area contributed by atoms with Gasteiger partial charge in [0.25, 0.3) is 0 Å². The number of ether oxygens (including phenoxy) is 1. The summed E-state index contributed by atoms with van der Waals surface area (Å²) in [5.74, 6) is -0.439. The molecular formula is C22H26FN3O4. The van der Waals surface area contributed by atoms with E-state index in [1.165, 1.54) is 19.1 Å². The Labute approximate surface area is 174 Å². The molecule has 1 fully saturated rings. The maximum absolute atomic E-state index is 13.4. The number of anilines is 2. The second-order valence-corrected chi connectivity index (χ2v) is 7.71. The van der Waals surface area contributed by atoms with Gasteiger partial charge < -0.3 is 20.5 Å². The number of rotatable bonds is 6. The van der Waals surface area contributed by atoms with E-state index >= 15 is 0 Å². The van der Waals surface area contributed by atoms with Crippen molar-refractivity contribution in [2.45, 2.75) is 32.0 Å². The molecule has 0 saturated carbocycles. The van der Waals surface area contributed by atoms with Crippen LogP contribution < -0.4 is 15.4 Å². The van der Waals surface area contributed by atoms with Gasteiger partial charge in [-0.15, -0.1) is 0 Å². The van der Waals surface area contributed by atoms with Crippen LogP contribution in [-0.2, 0) is 9.59 Å². The molecule has 1 aliphatic heterocycles. The summed E-state index contributed by atoms with van der Waals surface area (Å²) < 4.78 is 19.3. The minimum Gasteiger partial charge on any atom is -0.486 e. The number of carbonyl (C=O) groups excluding carboxylic acids is 2. The summed E-state index contributed by atoms with van der Waals surface area (Å²) in [5, 5.41) is 16.1. The van der Waals surface area contributed by atoms with Crippen LogP contribution in [-0.4, -0.2) is 53.2 Å². The highest BCUT2D eigenvalue weighted by atomic mass is 19.1. The maximum Gasteiger partial charge on any atom is 0.238 e.